The molecule has 0 atom stereocenters. The van der Waals surface area contributed by atoms with E-state index in [1.54, 1.807) is 7.05 Å². The Morgan fingerprint density at radius 2 is 1.88 bits per heavy atom. The number of anilines is 1. The first-order chi connectivity index (χ1) is 11.9. The number of H-pyrrole nitrogens is 1. The monoisotopic (exact) mass is 340 g/mol. The summed E-state index contributed by atoms with van der Waals surface area (Å²) in [5, 5.41) is 32.6. The second kappa shape index (κ2) is 6.34. The number of nitrogens with one attached hydrogen (secondary N) is 2. The standard InChI is InChI=1S/C16H20N8O/c1-16(2,3)14-18-15(22-20-14)21-19-11-12(17-4)23-24(13(11)25)10-8-6-5-7-9-10/h5-9,25H,1-4H3,(H,17,23)(H,18,20,22). The van der Waals surface area contributed by atoms with Crippen LogP contribution in [-0.2, 0) is 5.41 Å². The lowest BCUT2D eigenvalue weighted by Crippen LogP contribution is -2.13. The van der Waals surface area contributed by atoms with Gasteiger partial charge < -0.3 is 10.4 Å². The predicted octanol–water partition coefficient (Wildman–Crippen LogP) is 3.45. The number of aromatic nitrogens is 5. The Labute approximate surface area is 144 Å². The Hall–Kier alpha value is -3.23. The maximum absolute atomic E-state index is 10.5. The van der Waals surface area contributed by atoms with Crippen molar-refractivity contribution in [2.24, 2.45) is 10.2 Å². The van der Waals surface area contributed by atoms with E-state index < -0.39 is 0 Å². The summed E-state index contributed by atoms with van der Waals surface area (Å²) in [5.41, 5.74) is 0.761. The van der Waals surface area contributed by atoms with Crippen molar-refractivity contribution in [3.63, 3.8) is 0 Å². The fourth-order valence-corrected chi connectivity index (χ4v) is 2.14. The van der Waals surface area contributed by atoms with Gasteiger partial charge in [-0.15, -0.1) is 20.4 Å². The summed E-state index contributed by atoms with van der Waals surface area (Å²) in [6.45, 7) is 6.05. The first-order valence-corrected chi connectivity index (χ1v) is 7.80. The minimum atomic E-state index is -0.169. The highest BCUT2D eigenvalue weighted by Gasteiger charge is 2.20. The normalized spacial score (nSPS) is 12.0. The van der Waals surface area contributed by atoms with Crippen LogP contribution < -0.4 is 5.32 Å². The molecule has 0 saturated carbocycles. The molecule has 25 heavy (non-hydrogen) atoms. The van der Waals surface area contributed by atoms with Gasteiger partial charge >= 0.3 is 0 Å². The minimum Gasteiger partial charge on any atom is -0.492 e. The lowest BCUT2D eigenvalue weighted by molar-refractivity contribution is 0.434. The molecule has 9 heteroatoms. The van der Waals surface area contributed by atoms with Crippen LogP contribution in [0.4, 0.5) is 17.5 Å². The van der Waals surface area contributed by atoms with Gasteiger partial charge in [-0.25, -0.2) is 0 Å². The predicted molar refractivity (Wildman–Crippen MR) is 94.0 cm³/mol. The van der Waals surface area contributed by atoms with Crippen LogP contribution in [0.3, 0.4) is 0 Å². The van der Waals surface area contributed by atoms with E-state index in [4.69, 9.17) is 0 Å². The zero-order valence-corrected chi connectivity index (χ0v) is 14.5. The number of para-hydroxylation sites is 1. The Bertz CT molecular complexity index is 889. The Morgan fingerprint density at radius 3 is 2.48 bits per heavy atom. The molecule has 3 rings (SSSR count). The summed E-state index contributed by atoms with van der Waals surface area (Å²) in [4.78, 5) is 4.29. The maximum atomic E-state index is 10.5. The largest absolute Gasteiger partial charge is 0.492 e. The van der Waals surface area contributed by atoms with Gasteiger partial charge in [0.15, 0.2) is 11.5 Å². The molecule has 0 fully saturated rings. The van der Waals surface area contributed by atoms with E-state index in [1.165, 1.54) is 4.68 Å². The van der Waals surface area contributed by atoms with E-state index in [2.05, 4.69) is 35.8 Å². The van der Waals surface area contributed by atoms with Crippen molar-refractivity contribution in [2.75, 3.05) is 12.4 Å². The molecular weight excluding hydrogens is 320 g/mol. The zero-order chi connectivity index (χ0) is 18.0. The van der Waals surface area contributed by atoms with Crippen molar-refractivity contribution in [3.05, 3.63) is 36.2 Å². The van der Waals surface area contributed by atoms with E-state index in [1.807, 2.05) is 51.1 Å². The highest BCUT2D eigenvalue weighted by molar-refractivity contribution is 5.67. The highest BCUT2D eigenvalue weighted by Crippen LogP contribution is 2.37. The van der Waals surface area contributed by atoms with Crippen LogP contribution in [0.2, 0.25) is 0 Å². The fourth-order valence-electron chi connectivity index (χ4n) is 2.14. The van der Waals surface area contributed by atoms with Gasteiger partial charge in [-0.2, -0.15) is 9.67 Å². The van der Waals surface area contributed by atoms with Crippen LogP contribution in [0.15, 0.2) is 40.6 Å². The second-order valence-corrected chi connectivity index (χ2v) is 6.45. The average molecular weight is 340 g/mol. The van der Waals surface area contributed by atoms with Crippen molar-refractivity contribution < 1.29 is 5.11 Å². The van der Waals surface area contributed by atoms with Crippen LogP contribution >= 0.6 is 0 Å². The molecule has 3 aromatic rings. The summed E-state index contributed by atoms with van der Waals surface area (Å²) in [6.07, 6.45) is 0. The number of azo groups is 1. The molecule has 0 aliphatic rings. The molecule has 9 nitrogen and oxygen atoms in total. The van der Waals surface area contributed by atoms with E-state index in [-0.39, 0.29) is 22.9 Å². The molecule has 3 N–H and O–H groups in total. The van der Waals surface area contributed by atoms with Gasteiger partial charge in [0.1, 0.15) is 5.82 Å². The van der Waals surface area contributed by atoms with Crippen molar-refractivity contribution in [3.8, 4) is 11.6 Å². The quantitative estimate of drug-likeness (QED) is 0.629. The van der Waals surface area contributed by atoms with Crippen molar-refractivity contribution in [1.82, 2.24) is 25.0 Å². The lowest BCUT2D eigenvalue weighted by Gasteiger charge is -2.12. The first-order valence-electron chi connectivity index (χ1n) is 7.80. The average Bonchev–Trinajstić information content (AvgIpc) is 3.18. The molecule has 130 valence electrons. The molecule has 0 unspecified atom stereocenters. The molecule has 2 aromatic heterocycles. The number of aromatic amines is 1. The van der Waals surface area contributed by atoms with Crippen molar-refractivity contribution in [1.29, 1.82) is 0 Å². The van der Waals surface area contributed by atoms with Gasteiger partial charge in [-0.3, -0.25) is 5.10 Å². The highest BCUT2D eigenvalue weighted by atomic mass is 16.3. The molecule has 0 aliphatic heterocycles. The lowest BCUT2D eigenvalue weighted by atomic mass is 9.96. The maximum Gasteiger partial charge on any atom is 0.287 e. The number of aromatic hydroxyl groups is 1. The summed E-state index contributed by atoms with van der Waals surface area (Å²) < 4.78 is 1.39. The molecule has 0 saturated heterocycles. The van der Waals surface area contributed by atoms with Crippen LogP contribution in [0.25, 0.3) is 5.69 Å². The number of nitrogens with zero attached hydrogens (tertiary/aromatic N) is 6. The van der Waals surface area contributed by atoms with Crippen LogP contribution in [-0.4, -0.2) is 37.1 Å². The molecular formula is C16H20N8O. The van der Waals surface area contributed by atoms with Crippen LogP contribution in [0, 0.1) is 0 Å². The number of benzene rings is 1. The number of rotatable bonds is 4. The second-order valence-electron chi connectivity index (χ2n) is 6.45. The molecule has 0 bridgehead atoms. The third-order valence-corrected chi connectivity index (χ3v) is 3.50. The Morgan fingerprint density at radius 1 is 1.16 bits per heavy atom. The Balaban J connectivity index is 1.95. The van der Waals surface area contributed by atoms with E-state index in [0.717, 1.165) is 0 Å². The molecule has 2 heterocycles. The van der Waals surface area contributed by atoms with Crippen molar-refractivity contribution in [2.45, 2.75) is 26.2 Å². The molecule has 0 aliphatic carbocycles. The van der Waals surface area contributed by atoms with Gasteiger partial charge in [0, 0.05) is 12.5 Å². The van der Waals surface area contributed by atoms with Gasteiger partial charge in [-0.1, -0.05) is 39.0 Å². The van der Waals surface area contributed by atoms with E-state index in [0.29, 0.717) is 17.3 Å². The minimum absolute atomic E-state index is 0.120. The summed E-state index contributed by atoms with van der Waals surface area (Å²) in [7, 11) is 1.70. The zero-order valence-electron chi connectivity index (χ0n) is 14.5. The summed E-state index contributed by atoms with van der Waals surface area (Å²) >= 11 is 0. The molecule has 0 amide bonds. The smallest absolute Gasteiger partial charge is 0.287 e. The number of hydrogen-bond acceptors (Lipinski definition) is 7. The van der Waals surface area contributed by atoms with Crippen molar-refractivity contribution >= 4 is 17.5 Å². The van der Waals surface area contributed by atoms with Gasteiger partial charge in [0.2, 0.25) is 5.88 Å². The van der Waals surface area contributed by atoms with Gasteiger partial charge in [0.25, 0.3) is 5.95 Å². The van der Waals surface area contributed by atoms with Crippen LogP contribution in [0.5, 0.6) is 5.88 Å². The summed E-state index contributed by atoms with van der Waals surface area (Å²) in [5.74, 6) is 1.18. The Kier molecular flexibility index (Phi) is 4.22. The third-order valence-electron chi connectivity index (χ3n) is 3.50. The first kappa shape index (κ1) is 16.6. The fraction of sp³-hybridized carbons (Fsp3) is 0.312. The summed E-state index contributed by atoms with van der Waals surface area (Å²) in [6, 6.07) is 9.27. The number of hydrogen-bond donors (Lipinski definition) is 3. The molecule has 0 radical (unpaired) electrons. The molecule has 1 aromatic carbocycles. The molecule has 0 spiro atoms. The third kappa shape index (κ3) is 3.35. The SMILES string of the molecule is CNc1nn(-c2ccccc2)c(O)c1N=Nc1n[nH]c(C(C)(C)C)n1. The van der Waals surface area contributed by atoms with Gasteiger partial charge in [-0.05, 0) is 12.1 Å². The van der Waals surface area contributed by atoms with E-state index in [9.17, 15) is 5.11 Å². The van der Waals surface area contributed by atoms with Crippen LogP contribution in [0.1, 0.15) is 26.6 Å². The van der Waals surface area contributed by atoms with E-state index >= 15 is 0 Å². The van der Waals surface area contributed by atoms with Gasteiger partial charge in [0.05, 0.1) is 5.69 Å². The topological polar surface area (TPSA) is 116 Å².